The minimum absolute atomic E-state index is 0. The van der Waals surface area contributed by atoms with Gasteiger partial charge in [-0.15, -0.1) is 0 Å². The van der Waals surface area contributed by atoms with Crippen LogP contribution in [0.15, 0.2) is 109 Å². The fraction of sp³-hybridized carbons (Fsp3) is 0.655. The number of rotatable bonds is 4. The van der Waals surface area contributed by atoms with Crippen LogP contribution in [-0.4, -0.2) is 0 Å². The van der Waals surface area contributed by atoms with Crippen molar-refractivity contribution < 1.29 is 9.60 Å². The number of aryl methyl sites for hydroxylation is 6. The van der Waals surface area contributed by atoms with Crippen molar-refractivity contribution in [3.63, 3.8) is 0 Å². The molecule has 5 aromatic carbocycles. The van der Waals surface area contributed by atoms with Gasteiger partial charge >= 0.3 is 0 Å². The summed E-state index contributed by atoms with van der Waals surface area (Å²) in [5, 5.41) is 0. The van der Waals surface area contributed by atoms with Crippen LogP contribution in [0.1, 0.15) is 330 Å². The summed E-state index contributed by atoms with van der Waals surface area (Å²) in [7, 11) is 0. The summed E-state index contributed by atoms with van der Waals surface area (Å²) in [6.07, 6.45) is 8.95. The van der Waals surface area contributed by atoms with Crippen LogP contribution in [0, 0.1) is 94.8 Å². The van der Waals surface area contributed by atoms with Gasteiger partial charge in [0.2, 0.25) is 0 Å². The Hall–Kier alpha value is -3.90. The van der Waals surface area contributed by atoms with Gasteiger partial charge in [-0.05, 0) is 227 Å². The molecule has 4 aliphatic rings. The molecule has 0 radical (unpaired) electrons. The topological polar surface area (TPSA) is 0 Å². The maximum absolute atomic E-state index is 9.00. The summed E-state index contributed by atoms with van der Waals surface area (Å²) in [6.45, 7) is 64.8. The molecule has 0 nitrogen and oxygen atoms in total. The smallest absolute Gasteiger partial charge is 0.0626 e. The first-order valence-electron chi connectivity index (χ1n) is 35.6. The molecule has 4 fully saturated rings. The second-order valence-electron chi connectivity index (χ2n) is 32.2. The molecule has 0 aliphatic heterocycles. The van der Waals surface area contributed by atoms with Gasteiger partial charge < -0.3 is 0 Å². The Morgan fingerprint density at radius 2 is 0.713 bits per heavy atom. The second kappa shape index (κ2) is 38.1. The summed E-state index contributed by atoms with van der Waals surface area (Å²) < 4.78 is 55.9. The van der Waals surface area contributed by atoms with E-state index >= 15 is 0 Å². The molecule has 0 N–H and O–H groups in total. The van der Waals surface area contributed by atoms with Crippen LogP contribution < -0.4 is 0 Å². The van der Waals surface area contributed by atoms with Crippen LogP contribution in [0.2, 0.25) is 0 Å². The molecule has 87 heavy (non-hydrogen) atoms. The van der Waals surface area contributed by atoms with Crippen LogP contribution >= 0.6 is 0 Å². The third kappa shape index (κ3) is 30.6. The SMILES string of the molecule is C.C.C.C.C.Cc1cccc(C)c1C(C)(C)C.Cc1cccc(C)c1C(C)(C)C.Cc1ccccc1C(C)(C)C.Cc1ccccc1C(C)(C)C.[2H]C([2H])(C(CC)CCC)C(C)(C)C.[2H]C1(C(C)(C)C)C2CC3CC(C2)CC1C3.[2H]c1c([2H])c([2H])c(C(C)(C)C)c(C)c1[2H]. The molecule has 1 atom stereocenters. The Labute approximate surface area is 558 Å². The van der Waals surface area contributed by atoms with E-state index in [1.807, 2.05) is 41.5 Å². The van der Waals surface area contributed by atoms with Crippen LogP contribution in [0.5, 0.6) is 0 Å². The highest BCUT2D eigenvalue weighted by Gasteiger charge is 2.51. The molecule has 0 saturated heterocycles. The third-order valence-electron chi connectivity index (χ3n) is 16.6. The van der Waals surface area contributed by atoms with Crippen LogP contribution in [0.25, 0.3) is 0 Å². The fourth-order valence-corrected chi connectivity index (χ4v) is 14.2. The van der Waals surface area contributed by atoms with E-state index in [2.05, 4.69) is 244 Å². The van der Waals surface area contributed by atoms with Crippen molar-refractivity contribution in [1.82, 2.24) is 0 Å². The van der Waals surface area contributed by atoms with E-state index in [1.165, 1.54) is 87.7 Å². The van der Waals surface area contributed by atoms with E-state index in [0.29, 0.717) is 23.0 Å². The highest BCUT2D eigenvalue weighted by atomic mass is 14.6. The van der Waals surface area contributed by atoms with E-state index in [4.69, 9.17) is 9.60 Å². The van der Waals surface area contributed by atoms with Crippen molar-refractivity contribution in [1.29, 1.82) is 0 Å². The molecular weight excluding hydrogens is 1040 g/mol. The predicted molar refractivity (Wildman–Crippen MR) is 405 cm³/mol. The standard InChI is InChI=1S/C14H24.2C12H18.3C11H16.C11H24.5CH4/c1-14(2,3)13-11-5-9-4-10(7-11)8-12(13)6-9;2*1-9-7-6-8-10(2)11(9)12(3,4)5;3*1-9-7-5-6-8-10(9)11(2,3)4;1-6-8-10(7-2)9-11(3,4)5;;;;;/h9-13H,4-8H2,1-3H3;2*6-8H,1-5H3;3*5-8H,1-4H3;10H,6-9H2,1-5H3;5*1H4/i13D;;;5D,6D,7D,8D;;;9D2;;;;;. The zero-order valence-corrected chi connectivity index (χ0v) is 59.1. The lowest BCUT2D eigenvalue weighted by Crippen LogP contribution is -2.49. The first-order chi connectivity index (χ1) is 40.2. The van der Waals surface area contributed by atoms with Gasteiger partial charge in [0.15, 0.2) is 0 Å². The molecule has 0 spiro atoms. The van der Waals surface area contributed by atoms with Crippen molar-refractivity contribution in [3.8, 4) is 0 Å². The quantitative estimate of drug-likeness (QED) is 0.168. The summed E-state index contributed by atoms with van der Waals surface area (Å²) in [5.74, 6) is 3.52. The lowest BCUT2D eigenvalue weighted by Gasteiger charge is -2.58. The number of hydrogen-bond acceptors (Lipinski definition) is 0. The second-order valence-corrected chi connectivity index (χ2v) is 32.2. The van der Waals surface area contributed by atoms with Gasteiger partial charge in [-0.1, -0.05) is 325 Å². The maximum atomic E-state index is 9.00. The molecule has 4 saturated carbocycles. The molecule has 500 valence electrons. The Morgan fingerprint density at radius 3 is 0.954 bits per heavy atom. The lowest BCUT2D eigenvalue weighted by atomic mass is 9.47. The minimum Gasteiger partial charge on any atom is -0.0776 e. The molecule has 0 aromatic heterocycles. The van der Waals surface area contributed by atoms with Crippen molar-refractivity contribution >= 4 is 0 Å². The highest BCUT2D eigenvalue weighted by molar-refractivity contribution is 5.40. The predicted octanol–water partition coefficient (Wildman–Crippen LogP) is 28.6. The van der Waals surface area contributed by atoms with Gasteiger partial charge in [0.25, 0.3) is 0 Å². The van der Waals surface area contributed by atoms with Crippen LogP contribution in [-0.2, 0) is 27.1 Å². The number of benzene rings is 5. The van der Waals surface area contributed by atoms with E-state index in [1.54, 1.807) is 6.92 Å². The van der Waals surface area contributed by atoms with E-state index in [0.717, 1.165) is 31.1 Å². The van der Waals surface area contributed by atoms with Crippen molar-refractivity contribution in [2.75, 3.05) is 0 Å². The van der Waals surface area contributed by atoms with E-state index < -0.39 is 6.37 Å². The monoisotopic (exact) mass is 1200 g/mol. The Morgan fingerprint density at radius 1 is 0.402 bits per heavy atom. The van der Waals surface area contributed by atoms with Crippen LogP contribution in [0.4, 0.5) is 0 Å². The Bertz CT molecular complexity index is 2780. The molecule has 4 aliphatic carbocycles. The summed E-state index contributed by atoms with van der Waals surface area (Å²) in [5.41, 5.74) is 16.4. The molecular formula is C87H152. The molecule has 4 bridgehead atoms. The Balaban J connectivity index is -0.000000500. The van der Waals surface area contributed by atoms with E-state index in [9.17, 15) is 0 Å². The highest BCUT2D eigenvalue weighted by Crippen LogP contribution is 2.60. The zero-order valence-electron chi connectivity index (χ0n) is 66.1. The largest absolute Gasteiger partial charge is 0.0776 e. The normalized spacial score (nSPS) is 20.0. The van der Waals surface area contributed by atoms with Gasteiger partial charge in [-0.2, -0.15) is 0 Å². The van der Waals surface area contributed by atoms with Gasteiger partial charge in [0.1, 0.15) is 0 Å². The van der Waals surface area contributed by atoms with E-state index in [-0.39, 0.29) is 111 Å². The van der Waals surface area contributed by atoms with Crippen molar-refractivity contribution in [2.45, 2.75) is 330 Å². The molecule has 5 aromatic rings. The molecule has 0 heteroatoms. The van der Waals surface area contributed by atoms with Gasteiger partial charge in [-0.3, -0.25) is 0 Å². The first kappa shape index (κ1) is 75.6. The summed E-state index contributed by atoms with van der Waals surface area (Å²) in [4.78, 5) is 0. The molecule has 0 heterocycles. The first-order valence-corrected chi connectivity index (χ1v) is 32.1. The van der Waals surface area contributed by atoms with Crippen LogP contribution in [0.3, 0.4) is 0 Å². The minimum atomic E-state index is -1.04. The Kier molecular flexibility index (Phi) is 33.1. The average Bonchev–Trinajstić information content (AvgIpc) is 0.719. The molecule has 9 rings (SSSR count). The third-order valence-corrected chi connectivity index (χ3v) is 16.6. The molecule has 0 amide bonds. The zero-order chi connectivity index (χ0) is 69.2. The number of hydrogen-bond donors (Lipinski definition) is 0. The van der Waals surface area contributed by atoms with Gasteiger partial charge in [0, 0.05) is 4.11 Å². The van der Waals surface area contributed by atoms with Crippen molar-refractivity contribution in [2.24, 2.45) is 46.3 Å². The van der Waals surface area contributed by atoms with Gasteiger partial charge in [0.05, 0.1) is 5.48 Å². The lowest BCUT2D eigenvalue weighted by molar-refractivity contribution is -0.0811. The fourth-order valence-electron chi connectivity index (χ4n) is 14.2. The average molecular weight is 1210 g/mol. The van der Waals surface area contributed by atoms with Crippen molar-refractivity contribution in [3.05, 3.63) is 176 Å². The maximum Gasteiger partial charge on any atom is 0.0626 e. The summed E-state index contributed by atoms with van der Waals surface area (Å²) >= 11 is 0. The van der Waals surface area contributed by atoms with Gasteiger partial charge in [-0.25, -0.2) is 0 Å². The summed E-state index contributed by atoms with van der Waals surface area (Å²) in [6, 6.07) is 30.0. The molecule has 1 unspecified atom stereocenters.